The molecule has 1 aliphatic rings. The fourth-order valence-electron chi connectivity index (χ4n) is 2.64. The number of hydrogen-bond donors (Lipinski definition) is 1. The van der Waals surface area contributed by atoms with Crippen LogP contribution >= 0.6 is 15.9 Å². The molecule has 0 radical (unpaired) electrons. The second kappa shape index (κ2) is 7.43. The molecule has 20 heavy (non-hydrogen) atoms. The summed E-state index contributed by atoms with van der Waals surface area (Å²) in [7, 11) is 1.82. The van der Waals surface area contributed by atoms with Crippen molar-refractivity contribution < 1.29 is 4.74 Å². The maximum absolute atomic E-state index is 5.54. The van der Waals surface area contributed by atoms with Gasteiger partial charge in [-0.25, -0.2) is 0 Å². The predicted octanol–water partition coefficient (Wildman–Crippen LogP) is 3.56. The summed E-state index contributed by atoms with van der Waals surface area (Å²) < 4.78 is 6.68. The highest BCUT2D eigenvalue weighted by Gasteiger charge is 2.21. The van der Waals surface area contributed by atoms with Crippen LogP contribution in [0.15, 0.2) is 22.7 Å². The fourth-order valence-corrected chi connectivity index (χ4v) is 2.99. The Morgan fingerprint density at radius 3 is 2.95 bits per heavy atom. The van der Waals surface area contributed by atoms with Gasteiger partial charge in [0.15, 0.2) is 0 Å². The molecule has 1 aromatic rings. The van der Waals surface area contributed by atoms with Crippen molar-refractivity contribution in [3.8, 4) is 0 Å². The van der Waals surface area contributed by atoms with E-state index in [9.17, 15) is 0 Å². The van der Waals surface area contributed by atoms with Crippen molar-refractivity contribution in [2.45, 2.75) is 45.4 Å². The number of anilines is 1. The second-order valence-electron chi connectivity index (χ2n) is 5.75. The molecule has 1 saturated heterocycles. The first kappa shape index (κ1) is 15.8. The maximum atomic E-state index is 5.54. The first-order chi connectivity index (χ1) is 9.60. The van der Waals surface area contributed by atoms with Crippen molar-refractivity contribution in [3.05, 3.63) is 28.2 Å². The van der Waals surface area contributed by atoms with Gasteiger partial charge in [0.2, 0.25) is 0 Å². The second-order valence-corrected chi connectivity index (χ2v) is 6.67. The van der Waals surface area contributed by atoms with Gasteiger partial charge in [0, 0.05) is 42.9 Å². The molecule has 0 aliphatic carbocycles. The molecule has 4 heteroatoms. The minimum Gasteiger partial charge on any atom is -0.380 e. The van der Waals surface area contributed by atoms with Gasteiger partial charge in [-0.1, -0.05) is 35.8 Å². The summed E-state index contributed by atoms with van der Waals surface area (Å²) in [6.07, 6.45) is 2.72. The van der Waals surface area contributed by atoms with E-state index in [0.29, 0.717) is 12.1 Å². The third-order valence-electron chi connectivity index (χ3n) is 3.80. The number of methoxy groups -OCH3 is 1. The van der Waals surface area contributed by atoms with E-state index >= 15 is 0 Å². The van der Waals surface area contributed by atoms with E-state index in [-0.39, 0.29) is 0 Å². The van der Waals surface area contributed by atoms with E-state index in [4.69, 9.17) is 4.74 Å². The zero-order chi connectivity index (χ0) is 14.5. The van der Waals surface area contributed by atoms with Crippen LogP contribution in [0.1, 0.15) is 32.3 Å². The smallest absolute Gasteiger partial charge is 0.0746 e. The molecule has 1 fully saturated rings. The van der Waals surface area contributed by atoms with Gasteiger partial charge in [0.1, 0.15) is 0 Å². The topological polar surface area (TPSA) is 24.5 Å². The zero-order valence-corrected chi connectivity index (χ0v) is 14.2. The predicted molar refractivity (Wildman–Crippen MR) is 88.4 cm³/mol. The number of halogens is 1. The van der Waals surface area contributed by atoms with E-state index in [0.717, 1.165) is 24.1 Å². The van der Waals surface area contributed by atoms with Gasteiger partial charge < -0.3 is 15.0 Å². The maximum Gasteiger partial charge on any atom is 0.0746 e. The standard InChI is InChI=1S/C16H25BrN2O/c1-12(2)18-10-13-6-7-14(17)9-16(13)19-8-4-5-15(11-19)20-3/h6-7,9,12,15,18H,4-5,8,10-11H2,1-3H3. The van der Waals surface area contributed by atoms with Crippen LogP contribution in [0.2, 0.25) is 0 Å². The summed E-state index contributed by atoms with van der Waals surface area (Å²) in [5, 5.41) is 3.51. The van der Waals surface area contributed by atoms with E-state index in [1.54, 1.807) is 0 Å². The SMILES string of the molecule is COC1CCCN(c2cc(Br)ccc2CNC(C)C)C1. The Bertz CT molecular complexity index is 436. The van der Waals surface area contributed by atoms with Gasteiger partial charge in [-0.05, 0) is 30.5 Å². The lowest BCUT2D eigenvalue weighted by molar-refractivity contribution is 0.0893. The Labute approximate surface area is 130 Å². The summed E-state index contributed by atoms with van der Waals surface area (Å²) >= 11 is 3.60. The number of benzene rings is 1. The highest BCUT2D eigenvalue weighted by molar-refractivity contribution is 9.10. The van der Waals surface area contributed by atoms with E-state index in [1.807, 2.05) is 7.11 Å². The molecule has 2 rings (SSSR count). The average Bonchev–Trinajstić information content (AvgIpc) is 2.46. The Morgan fingerprint density at radius 1 is 1.45 bits per heavy atom. The molecular weight excluding hydrogens is 316 g/mol. The van der Waals surface area contributed by atoms with Crippen LogP contribution in [0.25, 0.3) is 0 Å². The molecular formula is C16H25BrN2O. The fraction of sp³-hybridized carbons (Fsp3) is 0.625. The van der Waals surface area contributed by atoms with Crippen LogP contribution in [0.3, 0.4) is 0 Å². The number of nitrogens with zero attached hydrogens (tertiary/aromatic N) is 1. The van der Waals surface area contributed by atoms with Crippen molar-refractivity contribution in [2.75, 3.05) is 25.1 Å². The summed E-state index contributed by atoms with van der Waals surface area (Å²) in [4.78, 5) is 2.46. The summed E-state index contributed by atoms with van der Waals surface area (Å²) in [6, 6.07) is 7.07. The number of nitrogens with one attached hydrogen (secondary N) is 1. The number of hydrogen-bond acceptors (Lipinski definition) is 3. The van der Waals surface area contributed by atoms with Crippen LogP contribution in [0.5, 0.6) is 0 Å². The minimum absolute atomic E-state index is 0.355. The molecule has 1 aromatic carbocycles. The van der Waals surface area contributed by atoms with Crippen molar-refractivity contribution in [2.24, 2.45) is 0 Å². The lowest BCUT2D eigenvalue weighted by atomic mass is 10.0. The molecule has 0 aromatic heterocycles. The molecule has 0 saturated carbocycles. The molecule has 1 N–H and O–H groups in total. The van der Waals surface area contributed by atoms with Gasteiger partial charge in [-0.2, -0.15) is 0 Å². The quantitative estimate of drug-likeness (QED) is 0.886. The van der Waals surface area contributed by atoms with Crippen LogP contribution in [-0.4, -0.2) is 32.3 Å². The van der Waals surface area contributed by atoms with Gasteiger partial charge in [-0.3, -0.25) is 0 Å². The van der Waals surface area contributed by atoms with E-state index in [2.05, 4.69) is 58.2 Å². The molecule has 1 unspecified atom stereocenters. The summed E-state index contributed by atoms with van der Waals surface area (Å²) in [6.45, 7) is 7.38. The molecule has 112 valence electrons. The van der Waals surface area contributed by atoms with Crippen molar-refractivity contribution in [3.63, 3.8) is 0 Å². The summed E-state index contributed by atoms with van der Waals surface area (Å²) in [5.74, 6) is 0. The Balaban J connectivity index is 2.17. The highest BCUT2D eigenvalue weighted by Crippen LogP contribution is 2.28. The Hall–Kier alpha value is -0.580. The molecule has 0 spiro atoms. The molecule has 1 heterocycles. The molecule has 0 bridgehead atoms. The molecule has 0 amide bonds. The van der Waals surface area contributed by atoms with Crippen molar-refractivity contribution in [1.29, 1.82) is 0 Å². The number of rotatable bonds is 5. The van der Waals surface area contributed by atoms with Crippen molar-refractivity contribution >= 4 is 21.6 Å². The third-order valence-corrected chi connectivity index (χ3v) is 4.29. The van der Waals surface area contributed by atoms with Crippen LogP contribution in [0, 0.1) is 0 Å². The largest absolute Gasteiger partial charge is 0.380 e. The monoisotopic (exact) mass is 340 g/mol. The molecule has 1 atom stereocenters. The number of piperidine rings is 1. The lowest BCUT2D eigenvalue weighted by Gasteiger charge is -2.35. The molecule has 1 aliphatic heterocycles. The van der Waals surface area contributed by atoms with Crippen LogP contribution in [0.4, 0.5) is 5.69 Å². The van der Waals surface area contributed by atoms with Crippen molar-refractivity contribution in [1.82, 2.24) is 5.32 Å². The number of ether oxygens (including phenoxy) is 1. The normalized spacial score (nSPS) is 19.6. The van der Waals surface area contributed by atoms with E-state index < -0.39 is 0 Å². The van der Waals surface area contributed by atoms with Gasteiger partial charge >= 0.3 is 0 Å². The van der Waals surface area contributed by atoms with Crippen LogP contribution in [-0.2, 0) is 11.3 Å². The van der Waals surface area contributed by atoms with Crippen LogP contribution < -0.4 is 10.2 Å². The highest BCUT2D eigenvalue weighted by atomic mass is 79.9. The first-order valence-electron chi connectivity index (χ1n) is 7.39. The first-order valence-corrected chi connectivity index (χ1v) is 8.19. The zero-order valence-electron chi connectivity index (χ0n) is 12.7. The average molecular weight is 341 g/mol. The van der Waals surface area contributed by atoms with Gasteiger partial charge in [-0.15, -0.1) is 0 Å². The minimum atomic E-state index is 0.355. The van der Waals surface area contributed by atoms with E-state index in [1.165, 1.54) is 24.1 Å². The molecule has 3 nitrogen and oxygen atoms in total. The third kappa shape index (κ3) is 4.21. The Kier molecular flexibility index (Phi) is 5.87. The Morgan fingerprint density at radius 2 is 2.25 bits per heavy atom. The summed E-state index contributed by atoms with van der Waals surface area (Å²) in [5.41, 5.74) is 2.69. The van der Waals surface area contributed by atoms with Gasteiger partial charge in [0.25, 0.3) is 0 Å². The lowest BCUT2D eigenvalue weighted by Crippen LogP contribution is -2.40. The van der Waals surface area contributed by atoms with Gasteiger partial charge in [0.05, 0.1) is 6.10 Å².